The van der Waals surface area contributed by atoms with E-state index in [-0.39, 0.29) is 29.8 Å². The van der Waals surface area contributed by atoms with Crippen LogP contribution in [-0.2, 0) is 11.3 Å². The van der Waals surface area contributed by atoms with Crippen molar-refractivity contribution in [1.29, 1.82) is 0 Å². The van der Waals surface area contributed by atoms with Crippen molar-refractivity contribution in [2.45, 2.75) is 17.0 Å². The molecular formula is C18H14F3NO2S. The molecule has 0 unspecified atom stereocenters. The van der Waals surface area contributed by atoms with Gasteiger partial charge < -0.3 is 10.1 Å². The van der Waals surface area contributed by atoms with E-state index in [4.69, 9.17) is 4.74 Å². The molecule has 2 aromatic rings. The van der Waals surface area contributed by atoms with E-state index >= 15 is 0 Å². The number of rotatable bonds is 4. The molecule has 2 aromatic carbocycles. The fourth-order valence-corrected chi connectivity index (χ4v) is 2.32. The fraction of sp³-hybridized carbons (Fsp3) is 0.167. The maximum Gasteiger partial charge on any atom is 0.446 e. The smallest absolute Gasteiger partial charge is 0.445 e. The van der Waals surface area contributed by atoms with Crippen LogP contribution in [0.4, 0.5) is 18.0 Å². The number of halogens is 3. The molecule has 0 aliphatic rings. The molecule has 0 saturated heterocycles. The van der Waals surface area contributed by atoms with E-state index in [2.05, 4.69) is 17.2 Å². The van der Waals surface area contributed by atoms with Gasteiger partial charge in [-0.05, 0) is 41.6 Å². The van der Waals surface area contributed by atoms with E-state index < -0.39 is 11.6 Å². The summed E-state index contributed by atoms with van der Waals surface area (Å²) in [5.41, 5.74) is -2.87. The first-order valence-corrected chi connectivity index (χ1v) is 8.03. The molecule has 3 nitrogen and oxygen atoms in total. The molecule has 0 bridgehead atoms. The highest BCUT2D eigenvalue weighted by Gasteiger charge is 2.28. The van der Waals surface area contributed by atoms with Crippen molar-refractivity contribution in [3.05, 3.63) is 65.7 Å². The number of hydrogen-bond acceptors (Lipinski definition) is 3. The number of alkyl halides is 3. The van der Waals surface area contributed by atoms with E-state index in [1.54, 1.807) is 0 Å². The normalized spacial score (nSPS) is 10.5. The standard InChI is InChI=1S/C18H14F3NO2S/c19-18(20,21)25-16-10-8-14(9-11-16)7-4-12-22-17(23)24-13-15-5-2-1-3-6-15/h1-3,5-6,8-11H,12-13H2,(H,22,23). The summed E-state index contributed by atoms with van der Waals surface area (Å²) in [6, 6.07) is 14.9. The first-order valence-electron chi connectivity index (χ1n) is 7.21. The van der Waals surface area contributed by atoms with Gasteiger partial charge in [0.2, 0.25) is 0 Å². The summed E-state index contributed by atoms with van der Waals surface area (Å²) in [5, 5.41) is 2.48. The van der Waals surface area contributed by atoms with Crippen LogP contribution in [0.5, 0.6) is 0 Å². The second-order valence-electron chi connectivity index (χ2n) is 4.79. The minimum Gasteiger partial charge on any atom is -0.445 e. The summed E-state index contributed by atoms with van der Waals surface area (Å²) in [6.07, 6.45) is -0.588. The van der Waals surface area contributed by atoms with Crippen molar-refractivity contribution >= 4 is 17.9 Å². The summed E-state index contributed by atoms with van der Waals surface area (Å²) < 4.78 is 41.7. The molecule has 0 fully saturated rings. The van der Waals surface area contributed by atoms with E-state index in [0.29, 0.717) is 5.56 Å². The first kappa shape index (κ1) is 18.7. The van der Waals surface area contributed by atoms with Crippen molar-refractivity contribution in [3.63, 3.8) is 0 Å². The lowest BCUT2D eigenvalue weighted by Crippen LogP contribution is -2.24. The highest BCUT2D eigenvalue weighted by atomic mass is 32.2. The lowest BCUT2D eigenvalue weighted by atomic mass is 10.2. The third-order valence-corrected chi connectivity index (χ3v) is 3.59. The molecule has 130 valence electrons. The largest absolute Gasteiger partial charge is 0.446 e. The fourth-order valence-electron chi connectivity index (χ4n) is 1.78. The van der Waals surface area contributed by atoms with Crippen LogP contribution in [0.25, 0.3) is 0 Å². The Balaban J connectivity index is 1.73. The van der Waals surface area contributed by atoms with E-state index in [9.17, 15) is 18.0 Å². The number of carbonyl (C=O) groups excluding carboxylic acids is 1. The van der Waals surface area contributed by atoms with Crippen molar-refractivity contribution in [2.75, 3.05) is 6.54 Å². The molecule has 7 heteroatoms. The van der Waals surface area contributed by atoms with Crippen molar-refractivity contribution in [2.24, 2.45) is 0 Å². The maximum atomic E-state index is 12.2. The summed E-state index contributed by atoms with van der Waals surface area (Å²) in [5.74, 6) is 5.46. The Morgan fingerprint density at radius 3 is 2.40 bits per heavy atom. The van der Waals surface area contributed by atoms with Crippen LogP contribution in [0.1, 0.15) is 11.1 Å². The zero-order valence-corrected chi connectivity index (χ0v) is 13.8. The second-order valence-corrected chi connectivity index (χ2v) is 5.93. The molecule has 0 atom stereocenters. The number of hydrogen-bond donors (Lipinski definition) is 1. The molecule has 25 heavy (non-hydrogen) atoms. The number of amides is 1. The predicted octanol–water partition coefficient (Wildman–Crippen LogP) is 4.58. The number of alkyl carbamates (subject to hydrolysis) is 1. The molecule has 0 radical (unpaired) electrons. The number of thioether (sulfide) groups is 1. The van der Waals surface area contributed by atoms with Crippen molar-refractivity contribution < 1.29 is 22.7 Å². The Morgan fingerprint density at radius 2 is 1.76 bits per heavy atom. The van der Waals surface area contributed by atoms with Crippen LogP contribution in [0.2, 0.25) is 0 Å². The van der Waals surface area contributed by atoms with E-state index in [1.165, 1.54) is 24.3 Å². The van der Waals surface area contributed by atoms with Gasteiger partial charge in [0.1, 0.15) is 6.61 Å². The Bertz CT molecular complexity index is 750. The molecule has 0 aliphatic heterocycles. The van der Waals surface area contributed by atoms with Gasteiger partial charge in [0.05, 0.1) is 6.54 Å². The van der Waals surface area contributed by atoms with Crippen LogP contribution in [0, 0.1) is 11.8 Å². The number of nitrogens with one attached hydrogen (secondary N) is 1. The van der Waals surface area contributed by atoms with Crippen molar-refractivity contribution in [3.8, 4) is 11.8 Å². The molecular weight excluding hydrogens is 351 g/mol. The molecule has 0 aromatic heterocycles. The number of ether oxygens (including phenoxy) is 1. The molecule has 0 aliphatic carbocycles. The molecule has 1 amide bonds. The highest BCUT2D eigenvalue weighted by molar-refractivity contribution is 8.00. The summed E-state index contributed by atoms with van der Waals surface area (Å²) in [6.45, 7) is 0.241. The summed E-state index contributed by atoms with van der Waals surface area (Å²) in [7, 11) is 0. The van der Waals surface area contributed by atoms with Gasteiger partial charge in [0.25, 0.3) is 0 Å². The van der Waals surface area contributed by atoms with Gasteiger partial charge in [-0.25, -0.2) is 4.79 Å². The average Bonchev–Trinajstić information content (AvgIpc) is 2.58. The topological polar surface area (TPSA) is 38.3 Å². The Morgan fingerprint density at radius 1 is 1.08 bits per heavy atom. The van der Waals surface area contributed by atoms with Crippen LogP contribution < -0.4 is 5.32 Å². The second kappa shape index (κ2) is 9.04. The quantitative estimate of drug-likeness (QED) is 0.637. The average molecular weight is 365 g/mol. The van der Waals surface area contributed by atoms with Crippen LogP contribution >= 0.6 is 11.8 Å². The van der Waals surface area contributed by atoms with Crippen LogP contribution in [-0.4, -0.2) is 18.1 Å². The highest BCUT2D eigenvalue weighted by Crippen LogP contribution is 2.36. The van der Waals surface area contributed by atoms with Gasteiger partial charge in [-0.3, -0.25) is 0 Å². The number of benzene rings is 2. The van der Waals surface area contributed by atoms with Gasteiger partial charge in [0, 0.05) is 10.5 Å². The molecule has 0 saturated carbocycles. The molecule has 2 rings (SSSR count). The SMILES string of the molecule is O=C(NCC#Cc1ccc(SC(F)(F)F)cc1)OCc1ccccc1. The summed E-state index contributed by atoms with van der Waals surface area (Å²) in [4.78, 5) is 11.6. The number of carbonyl (C=O) groups is 1. The van der Waals surface area contributed by atoms with Gasteiger partial charge in [0.15, 0.2) is 0 Å². The Kier molecular flexibility index (Phi) is 6.78. The van der Waals surface area contributed by atoms with Crippen LogP contribution in [0.15, 0.2) is 59.5 Å². The molecule has 0 heterocycles. The molecule has 0 spiro atoms. The maximum absolute atomic E-state index is 12.2. The monoisotopic (exact) mass is 365 g/mol. The predicted molar refractivity (Wildman–Crippen MR) is 89.9 cm³/mol. The zero-order valence-electron chi connectivity index (χ0n) is 13.0. The third kappa shape index (κ3) is 7.68. The van der Waals surface area contributed by atoms with Crippen molar-refractivity contribution in [1.82, 2.24) is 5.32 Å². The lowest BCUT2D eigenvalue weighted by Gasteiger charge is -2.05. The van der Waals surface area contributed by atoms with Gasteiger partial charge in [-0.15, -0.1) is 0 Å². The Hall–Kier alpha value is -2.59. The van der Waals surface area contributed by atoms with Gasteiger partial charge >= 0.3 is 11.6 Å². The lowest BCUT2D eigenvalue weighted by molar-refractivity contribution is -0.0328. The minimum absolute atomic E-state index is 0.0761. The van der Waals surface area contributed by atoms with Gasteiger partial charge in [-0.1, -0.05) is 42.2 Å². The Labute approximate surface area is 147 Å². The van der Waals surface area contributed by atoms with E-state index in [0.717, 1.165) is 5.56 Å². The van der Waals surface area contributed by atoms with Gasteiger partial charge in [-0.2, -0.15) is 13.2 Å². The third-order valence-electron chi connectivity index (χ3n) is 2.85. The zero-order chi connectivity index (χ0) is 18.1. The first-order chi connectivity index (χ1) is 11.9. The summed E-state index contributed by atoms with van der Waals surface area (Å²) >= 11 is -0.176. The molecule has 1 N–H and O–H groups in total. The van der Waals surface area contributed by atoms with Crippen LogP contribution in [0.3, 0.4) is 0 Å². The minimum atomic E-state index is -4.31. The van der Waals surface area contributed by atoms with E-state index in [1.807, 2.05) is 30.3 Å².